The Bertz CT molecular complexity index is 1040. The number of para-hydroxylation sites is 1. The largest absolute Gasteiger partial charge is 0.461 e. The van der Waals surface area contributed by atoms with Crippen LogP contribution in [0, 0.1) is 0 Å². The molecule has 1 aromatic carbocycles. The summed E-state index contributed by atoms with van der Waals surface area (Å²) in [5.74, 6) is 1.61. The third-order valence-electron chi connectivity index (χ3n) is 4.52. The number of hydrogen-bond acceptors (Lipinski definition) is 5. The summed E-state index contributed by atoms with van der Waals surface area (Å²) in [6.07, 6.45) is 3.33. The number of aromatic nitrogens is 3. The summed E-state index contributed by atoms with van der Waals surface area (Å²) < 4.78 is 10.6. The highest BCUT2D eigenvalue weighted by atomic mass is 16.5. The molecule has 7 nitrogen and oxygen atoms in total. The number of furan rings is 1. The van der Waals surface area contributed by atoms with E-state index in [1.165, 1.54) is 0 Å². The van der Waals surface area contributed by atoms with Gasteiger partial charge in [0, 0.05) is 30.2 Å². The van der Waals surface area contributed by atoms with Crippen LogP contribution in [0.3, 0.4) is 0 Å². The van der Waals surface area contributed by atoms with E-state index in [2.05, 4.69) is 15.1 Å². The Balaban J connectivity index is 1.31. The standard InChI is InChI=1S/C18H14N4O3/c23-18(13-8-19-14-5-2-1-4-12(13)14)22-9-11(10-22)17-20-16(21-25-17)15-6-3-7-24-15/h1-8,11,19H,9-10H2. The highest BCUT2D eigenvalue weighted by Gasteiger charge is 2.36. The summed E-state index contributed by atoms with van der Waals surface area (Å²) in [5, 5.41) is 4.87. The fraction of sp³-hybridized carbons (Fsp3) is 0.167. The maximum absolute atomic E-state index is 12.7. The van der Waals surface area contributed by atoms with Crippen LogP contribution in [0.15, 0.2) is 57.8 Å². The molecule has 1 amide bonds. The van der Waals surface area contributed by atoms with Gasteiger partial charge in [0.25, 0.3) is 5.91 Å². The normalized spacial score (nSPS) is 14.8. The molecule has 1 fully saturated rings. The molecule has 1 aliphatic heterocycles. The van der Waals surface area contributed by atoms with Crippen LogP contribution in [0.4, 0.5) is 0 Å². The molecule has 4 heterocycles. The van der Waals surface area contributed by atoms with Gasteiger partial charge >= 0.3 is 0 Å². The molecule has 25 heavy (non-hydrogen) atoms. The molecule has 124 valence electrons. The van der Waals surface area contributed by atoms with Crippen LogP contribution in [-0.2, 0) is 0 Å². The molecular formula is C18H14N4O3. The molecular weight excluding hydrogens is 320 g/mol. The fourth-order valence-corrected chi connectivity index (χ4v) is 3.13. The Morgan fingerprint density at radius 3 is 2.92 bits per heavy atom. The van der Waals surface area contributed by atoms with Crippen molar-refractivity contribution < 1.29 is 13.7 Å². The van der Waals surface area contributed by atoms with Crippen molar-refractivity contribution in [1.82, 2.24) is 20.0 Å². The van der Waals surface area contributed by atoms with E-state index >= 15 is 0 Å². The van der Waals surface area contributed by atoms with Crippen molar-refractivity contribution in [3.63, 3.8) is 0 Å². The lowest BCUT2D eigenvalue weighted by molar-refractivity contribution is 0.0571. The van der Waals surface area contributed by atoms with Gasteiger partial charge in [0.1, 0.15) is 0 Å². The van der Waals surface area contributed by atoms with E-state index in [1.807, 2.05) is 24.3 Å². The van der Waals surface area contributed by atoms with Gasteiger partial charge in [0.15, 0.2) is 5.76 Å². The summed E-state index contributed by atoms with van der Waals surface area (Å²) in [5.41, 5.74) is 1.65. The molecule has 0 unspecified atom stereocenters. The zero-order valence-corrected chi connectivity index (χ0v) is 13.2. The number of amides is 1. The first-order valence-corrected chi connectivity index (χ1v) is 8.02. The second-order valence-corrected chi connectivity index (χ2v) is 6.09. The molecule has 0 atom stereocenters. The van der Waals surface area contributed by atoms with Gasteiger partial charge in [0.2, 0.25) is 11.7 Å². The second kappa shape index (κ2) is 5.34. The number of nitrogens with one attached hydrogen (secondary N) is 1. The second-order valence-electron chi connectivity index (χ2n) is 6.09. The zero-order chi connectivity index (χ0) is 16.8. The monoisotopic (exact) mass is 334 g/mol. The SMILES string of the molecule is O=C(c1c[nH]c2ccccc12)N1CC(c2nc(-c3ccco3)no2)C1. The van der Waals surface area contributed by atoms with E-state index < -0.39 is 0 Å². The molecule has 1 aliphatic rings. The lowest BCUT2D eigenvalue weighted by Gasteiger charge is -2.36. The number of nitrogens with zero attached hydrogens (tertiary/aromatic N) is 3. The number of H-pyrrole nitrogens is 1. The lowest BCUT2D eigenvalue weighted by Crippen LogP contribution is -2.48. The highest BCUT2D eigenvalue weighted by molar-refractivity contribution is 6.07. The van der Waals surface area contributed by atoms with Crippen molar-refractivity contribution in [1.29, 1.82) is 0 Å². The summed E-state index contributed by atoms with van der Waals surface area (Å²) in [4.78, 5) is 22.0. The van der Waals surface area contributed by atoms with Crippen LogP contribution in [0.1, 0.15) is 22.2 Å². The minimum atomic E-state index is 0.0134. The fourth-order valence-electron chi connectivity index (χ4n) is 3.13. The van der Waals surface area contributed by atoms with Crippen molar-refractivity contribution >= 4 is 16.8 Å². The van der Waals surface area contributed by atoms with E-state index in [0.717, 1.165) is 10.9 Å². The molecule has 3 aromatic heterocycles. The van der Waals surface area contributed by atoms with Gasteiger partial charge in [-0.1, -0.05) is 23.4 Å². The Morgan fingerprint density at radius 1 is 1.20 bits per heavy atom. The Labute approximate surface area is 142 Å². The van der Waals surface area contributed by atoms with Crippen LogP contribution in [0.25, 0.3) is 22.5 Å². The average molecular weight is 334 g/mol. The maximum atomic E-state index is 12.7. The molecule has 0 bridgehead atoms. The predicted octanol–water partition coefficient (Wildman–Crippen LogP) is 3.05. The molecule has 0 saturated carbocycles. The van der Waals surface area contributed by atoms with Crippen LogP contribution in [0.2, 0.25) is 0 Å². The van der Waals surface area contributed by atoms with E-state index in [9.17, 15) is 4.79 Å². The summed E-state index contributed by atoms with van der Waals surface area (Å²) in [6.45, 7) is 1.14. The van der Waals surface area contributed by atoms with Crippen molar-refractivity contribution in [2.24, 2.45) is 0 Å². The quantitative estimate of drug-likeness (QED) is 0.622. The average Bonchev–Trinajstić information content (AvgIpc) is 3.33. The third-order valence-corrected chi connectivity index (χ3v) is 4.52. The van der Waals surface area contributed by atoms with Gasteiger partial charge in [0.05, 0.1) is 17.7 Å². The Hall–Kier alpha value is -3.35. The number of aromatic amines is 1. The molecule has 1 N–H and O–H groups in total. The molecule has 0 aliphatic carbocycles. The molecule has 5 rings (SSSR count). The minimum Gasteiger partial charge on any atom is -0.461 e. The van der Waals surface area contributed by atoms with Crippen LogP contribution >= 0.6 is 0 Å². The van der Waals surface area contributed by atoms with Crippen LogP contribution in [0.5, 0.6) is 0 Å². The van der Waals surface area contributed by atoms with Gasteiger partial charge < -0.3 is 18.8 Å². The zero-order valence-electron chi connectivity index (χ0n) is 13.2. The van der Waals surface area contributed by atoms with E-state index in [-0.39, 0.29) is 11.8 Å². The Kier molecular flexibility index (Phi) is 3.00. The Morgan fingerprint density at radius 2 is 2.08 bits per heavy atom. The van der Waals surface area contributed by atoms with Crippen LogP contribution in [-0.4, -0.2) is 39.0 Å². The highest BCUT2D eigenvalue weighted by Crippen LogP contribution is 2.30. The van der Waals surface area contributed by atoms with Gasteiger partial charge in [-0.15, -0.1) is 0 Å². The van der Waals surface area contributed by atoms with E-state index in [0.29, 0.717) is 36.1 Å². The van der Waals surface area contributed by atoms with E-state index in [1.54, 1.807) is 29.5 Å². The smallest absolute Gasteiger partial charge is 0.256 e. The summed E-state index contributed by atoms with van der Waals surface area (Å²) in [6, 6.07) is 11.3. The first-order chi connectivity index (χ1) is 12.3. The number of hydrogen-bond donors (Lipinski definition) is 1. The van der Waals surface area contributed by atoms with E-state index in [4.69, 9.17) is 8.94 Å². The predicted molar refractivity (Wildman–Crippen MR) is 88.9 cm³/mol. The number of likely N-dealkylation sites (tertiary alicyclic amines) is 1. The number of benzene rings is 1. The number of rotatable bonds is 3. The topological polar surface area (TPSA) is 88.2 Å². The van der Waals surface area contributed by atoms with Crippen LogP contribution < -0.4 is 0 Å². The van der Waals surface area contributed by atoms with Crippen molar-refractivity contribution in [2.75, 3.05) is 13.1 Å². The first kappa shape index (κ1) is 14.0. The first-order valence-electron chi connectivity index (χ1n) is 8.02. The molecule has 0 spiro atoms. The molecule has 0 radical (unpaired) electrons. The van der Waals surface area contributed by atoms with Crippen molar-refractivity contribution in [2.45, 2.75) is 5.92 Å². The van der Waals surface area contributed by atoms with Crippen molar-refractivity contribution in [3.8, 4) is 11.6 Å². The number of carbonyl (C=O) groups excluding carboxylic acids is 1. The van der Waals surface area contributed by atoms with Gasteiger partial charge in [-0.2, -0.15) is 4.98 Å². The number of fused-ring (bicyclic) bond motifs is 1. The van der Waals surface area contributed by atoms with Gasteiger partial charge in [-0.05, 0) is 18.2 Å². The summed E-state index contributed by atoms with van der Waals surface area (Å²) in [7, 11) is 0. The van der Waals surface area contributed by atoms with Crippen molar-refractivity contribution in [3.05, 3.63) is 60.3 Å². The van der Waals surface area contributed by atoms with Gasteiger partial charge in [-0.25, -0.2) is 0 Å². The number of carbonyl (C=O) groups is 1. The third kappa shape index (κ3) is 2.24. The summed E-state index contributed by atoms with van der Waals surface area (Å²) >= 11 is 0. The lowest BCUT2D eigenvalue weighted by atomic mass is 9.98. The minimum absolute atomic E-state index is 0.0134. The molecule has 4 aromatic rings. The maximum Gasteiger partial charge on any atom is 0.256 e. The van der Waals surface area contributed by atoms with Gasteiger partial charge in [-0.3, -0.25) is 4.79 Å². The molecule has 1 saturated heterocycles. The molecule has 7 heteroatoms.